The Morgan fingerprint density at radius 2 is 1.29 bits per heavy atom. The first-order chi connectivity index (χ1) is 23.4. The van der Waals surface area contributed by atoms with Gasteiger partial charge in [0.2, 0.25) is 5.78 Å². The number of hydrogen-bond donors (Lipinski definition) is 0. The Morgan fingerprint density at radius 3 is 1.61 bits per heavy atom. The van der Waals surface area contributed by atoms with Crippen molar-refractivity contribution in [1.29, 1.82) is 0 Å². The van der Waals surface area contributed by atoms with Gasteiger partial charge in [0.25, 0.3) is 5.91 Å². The van der Waals surface area contributed by atoms with E-state index in [0.717, 1.165) is 22.7 Å². The van der Waals surface area contributed by atoms with Crippen LogP contribution in [0.4, 0.5) is 26.3 Å². The molecule has 19 heteroatoms. The second kappa shape index (κ2) is 23.0. The van der Waals surface area contributed by atoms with E-state index in [1.165, 1.54) is 67.7 Å². The molecule has 0 aliphatic heterocycles. The van der Waals surface area contributed by atoms with Gasteiger partial charge in [-0.2, -0.15) is 6.42 Å². The van der Waals surface area contributed by atoms with Crippen molar-refractivity contribution in [3.05, 3.63) is 80.0 Å². The Balaban J connectivity index is 0.000000745. The minimum Gasteiger partial charge on any atom is -0.406 e. The average Bonchev–Trinajstić information content (AvgIpc) is 3.68. The van der Waals surface area contributed by atoms with Gasteiger partial charge in [0, 0.05) is 32.3 Å². The number of amides is 1. The molecule has 0 unspecified atom stereocenters. The van der Waals surface area contributed by atoms with Gasteiger partial charge in [-0.25, -0.2) is 15.0 Å². The molecule has 0 aliphatic carbocycles. The molecule has 2 aromatic heterocycles. The van der Waals surface area contributed by atoms with Crippen LogP contribution in [0, 0.1) is 6.92 Å². The number of halogens is 8. The third kappa shape index (κ3) is 17.4. The fourth-order valence-electron chi connectivity index (χ4n) is 3.47. The molecule has 4 rings (SSSR count). The SMILES string of the molecule is CON(C)C(=O)CCl.Cn1c(-c2ccc(OC(F)(F)F)cc2)cnc1C(=O)CCl.Cn1cncc1-c1ccc(OC(F)(F)F)cc1.[CH2-]CCC.[Li+]. The van der Waals surface area contributed by atoms with E-state index < -0.39 is 12.7 Å². The molecule has 0 spiro atoms. The molecule has 0 aliphatic rings. The molecule has 51 heavy (non-hydrogen) atoms. The van der Waals surface area contributed by atoms with Crippen LogP contribution in [0.3, 0.4) is 0 Å². The van der Waals surface area contributed by atoms with Crippen LogP contribution in [0.15, 0.2) is 67.3 Å². The Bertz CT molecular complexity index is 1600. The molecule has 0 saturated heterocycles. The van der Waals surface area contributed by atoms with Gasteiger partial charge in [0.1, 0.15) is 17.4 Å². The Kier molecular flexibility index (Phi) is 21.3. The van der Waals surface area contributed by atoms with E-state index in [2.05, 4.69) is 38.1 Å². The molecule has 2 heterocycles. The summed E-state index contributed by atoms with van der Waals surface area (Å²) >= 11 is 10.6. The molecule has 10 nitrogen and oxygen atoms in total. The topological polar surface area (TPSA) is 101 Å². The third-order valence-corrected chi connectivity index (χ3v) is 6.51. The van der Waals surface area contributed by atoms with Gasteiger partial charge in [0.05, 0.1) is 43.1 Å². The number of ether oxygens (including phenoxy) is 2. The molecule has 0 radical (unpaired) electrons. The normalized spacial score (nSPS) is 10.5. The number of aromatic nitrogens is 4. The number of carbonyl (C=O) groups is 2. The number of imidazole rings is 2. The van der Waals surface area contributed by atoms with Crippen molar-refractivity contribution in [3.8, 4) is 34.0 Å². The predicted octanol–water partition coefficient (Wildman–Crippen LogP) is 5.26. The van der Waals surface area contributed by atoms with Crippen LogP contribution >= 0.6 is 23.2 Å². The summed E-state index contributed by atoms with van der Waals surface area (Å²) in [7, 11) is 6.35. The number of aryl methyl sites for hydroxylation is 1. The molecule has 276 valence electrons. The summed E-state index contributed by atoms with van der Waals surface area (Å²) < 4.78 is 82.9. The summed E-state index contributed by atoms with van der Waals surface area (Å²) in [5.74, 6) is -1.16. The van der Waals surface area contributed by atoms with Gasteiger partial charge in [-0.3, -0.25) is 14.4 Å². The van der Waals surface area contributed by atoms with E-state index in [0.29, 0.717) is 11.3 Å². The maximum Gasteiger partial charge on any atom is 1.00 e. The van der Waals surface area contributed by atoms with Crippen molar-refractivity contribution in [1.82, 2.24) is 24.2 Å². The summed E-state index contributed by atoms with van der Waals surface area (Å²) in [4.78, 5) is 34.3. The molecule has 2 aromatic carbocycles. The van der Waals surface area contributed by atoms with Gasteiger partial charge in [-0.1, -0.05) is 13.3 Å². The third-order valence-electron chi connectivity index (χ3n) is 6.04. The molecular weight excluding hydrogens is 726 g/mol. The van der Waals surface area contributed by atoms with Gasteiger partial charge in [-0.05, 0) is 48.5 Å². The quantitative estimate of drug-likeness (QED) is 0.0573. The van der Waals surface area contributed by atoms with E-state index in [-0.39, 0.29) is 59.6 Å². The van der Waals surface area contributed by atoms with Crippen molar-refractivity contribution in [2.24, 2.45) is 14.1 Å². The number of unbranched alkanes of at least 4 members (excludes halogenated alkanes) is 1. The van der Waals surface area contributed by atoms with E-state index in [4.69, 9.17) is 23.2 Å². The largest absolute Gasteiger partial charge is 1.00 e. The van der Waals surface area contributed by atoms with Gasteiger partial charge in [-0.15, -0.1) is 49.5 Å². The fourth-order valence-corrected chi connectivity index (χ4v) is 3.76. The Hall–Kier alpha value is -3.68. The summed E-state index contributed by atoms with van der Waals surface area (Å²) in [5, 5.41) is 1.08. The molecule has 0 saturated carbocycles. The Morgan fingerprint density at radius 1 is 0.843 bits per heavy atom. The van der Waals surface area contributed by atoms with E-state index in [1.807, 2.05) is 7.05 Å². The molecule has 0 atom stereocenters. The maximum atomic E-state index is 12.1. The smallest absolute Gasteiger partial charge is 0.406 e. The summed E-state index contributed by atoms with van der Waals surface area (Å²) in [6, 6.07) is 10.9. The van der Waals surface area contributed by atoms with Crippen LogP contribution in [0.1, 0.15) is 30.4 Å². The number of hydrogen-bond acceptors (Lipinski definition) is 7. The number of carbonyl (C=O) groups excluding carboxylic acids is 2. The standard InChI is InChI=1S/C13H10ClF3N2O2.C11H9F3N2O.C4H8ClNO2.C4H9.Li/c1-19-10(7-18-12(19)11(20)6-14)8-2-4-9(5-3-8)21-13(15,16)17;1-16-7-15-6-10(16)8-2-4-9(5-3-8)17-11(12,13)14;1-6(8-2)4(7)3-5;1-3-4-2;/h2-5,7H,6H2,1H3;2-7H,1H3;3H2,1-2H3;1,3-4H2,2H3;/q;;;-1;+1. The van der Waals surface area contributed by atoms with E-state index >= 15 is 0 Å². The van der Waals surface area contributed by atoms with Gasteiger partial charge >= 0.3 is 31.6 Å². The molecular formula is C32H36Cl2F6LiN5O5. The van der Waals surface area contributed by atoms with Gasteiger partial charge < -0.3 is 25.5 Å². The first-order valence-electron chi connectivity index (χ1n) is 14.4. The average molecular weight is 763 g/mol. The summed E-state index contributed by atoms with van der Waals surface area (Å²) in [6.45, 7) is 5.72. The number of alkyl halides is 8. The van der Waals surface area contributed by atoms with E-state index in [1.54, 1.807) is 36.3 Å². The molecule has 4 aromatic rings. The fraction of sp³-hybridized carbons (Fsp3) is 0.344. The number of Topliss-reactive ketones (excluding diaryl/α,β-unsaturated/α-hetero) is 1. The number of hydroxylamine groups is 2. The van der Waals surface area contributed by atoms with Crippen LogP contribution in [-0.2, 0) is 23.7 Å². The number of rotatable bonds is 9. The van der Waals surface area contributed by atoms with Crippen molar-refractivity contribution in [3.63, 3.8) is 0 Å². The molecule has 1 amide bonds. The minimum absolute atomic E-state index is 0. The molecule has 0 fully saturated rings. The Labute approximate surface area is 313 Å². The second-order valence-electron chi connectivity index (χ2n) is 9.68. The zero-order valence-electron chi connectivity index (χ0n) is 28.7. The van der Waals surface area contributed by atoms with Crippen molar-refractivity contribution in [2.75, 3.05) is 25.9 Å². The predicted molar refractivity (Wildman–Crippen MR) is 176 cm³/mol. The minimum atomic E-state index is -4.73. The van der Waals surface area contributed by atoms with Crippen molar-refractivity contribution < 1.29 is 69.1 Å². The monoisotopic (exact) mass is 761 g/mol. The van der Waals surface area contributed by atoms with Crippen LogP contribution < -0.4 is 28.3 Å². The first kappa shape index (κ1) is 47.3. The number of benzene rings is 2. The maximum absolute atomic E-state index is 12.1. The first-order valence-corrected chi connectivity index (χ1v) is 15.4. The number of nitrogens with zero attached hydrogens (tertiary/aromatic N) is 5. The molecule has 0 bridgehead atoms. The van der Waals surface area contributed by atoms with Crippen molar-refractivity contribution in [2.45, 2.75) is 32.5 Å². The van der Waals surface area contributed by atoms with Gasteiger partial charge in [0.15, 0.2) is 5.82 Å². The van der Waals surface area contributed by atoms with Crippen LogP contribution in [-0.4, -0.2) is 74.5 Å². The summed E-state index contributed by atoms with van der Waals surface area (Å²) in [6.07, 6.45) is -2.39. The van der Waals surface area contributed by atoms with Crippen molar-refractivity contribution >= 4 is 34.9 Å². The summed E-state index contributed by atoms with van der Waals surface area (Å²) in [5.41, 5.74) is 2.79. The van der Waals surface area contributed by atoms with Crippen LogP contribution in [0.2, 0.25) is 0 Å². The van der Waals surface area contributed by atoms with Crippen LogP contribution in [0.25, 0.3) is 22.5 Å². The molecule has 0 N–H and O–H groups in total. The second-order valence-corrected chi connectivity index (χ2v) is 10.2. The van der Waals surface area contributed by atoms with Crippen LogP contribution in [0.5, 0.6) is 11.5 Å². The number of ketones is 1. The van der Waals surface area contributed by atoms with E-state index in [9.17, 15) is 35.9 Å². The zero-order valence-corrected chi connectivity index (χ0v) is 30.2. The zero-order chi connectivity index (χ0) is 38.1.